The summed E-state index contributed by atoms with van der Waals surface area (Å²) in [6, 6.07) is 14.2. The molecule has 4 heterocycles. The lowest BCUT2D eigenvalue weighted by molar-refractivity contribution is 0.0567. The summed E-state index contributed by atoms with van der Waals surface area (Å²) in [7, 11) is 0. The van der Waals surface area contributed by atoms with Gasteiger partial charge in [-0.05, 0) is 63.0 Å². The summed E-state index contributed by atoms with van der Waals surface area (Å²) >= 11 is 0. The number of piperidine rings is 1. The van der Waals surface area contributed by atoms with Gasteiger partial charge in [-0.15, -0.1) is 0 Å². The Bertz CT molecular complexity index is 1060. The molecular formula is C25H28N4O2. The summed E-state index contributed by atoms with van der Waals surface area (Å²) in [5.41, 5.74) is 5.37. The third kappa shape index (κ3) is 3.65. The number of benzene rings is 1. The first-order valence-electron chi connectivity index (χ1n) is 11.0. The van der Waals surface area contributed by atoms with Gasteiger partial charge in [-0.25, -0.2) is 0 Å². The summed E-state index contributed by atoms with van der Waals surface area (Å²) < 4.78 is 5.35. The number of rotatable bonds is 3. The lowest BCUT2D eigenvalue weighted by atomic mass is 9.68. The molecule has 0 saturated carbocycles. The van der Waals surface area contributed by atoms with Gasteiger partial charge in [-0.3, -0.25) is 14.7 Å². The molecule has 5 rings (SSSR count). The van der Waals surface area contributed by atoms with Gasteiger partial charge in [0, 0.05) is 36.8 Å². The second-order valence-electron chi connectivity index (χ2n) is 8.89. The molecule has 1 fully saturated rings. The van der Waals surface area contributed by atoms with Crippen LogP contribution in [0.5, 0.6) is 0 Å². The van der Waals surface area contributed by atoms with Crippen LogP contribution < -0.4 is 0 Å². The highest BCUT2D eigenvalue weighted by Gasteiger charge is 2.43. The van der Waals surface area contributed by atoms with Crippen molar-refractivity contribution in [3.63, 3.8) is 0 Å². The first-order chi connectivity index (χ1) is 15.1. The van der Waals surface area contributed by atoms with E-state index in [1.807, 2.05) is 36.9 Å². The van der Waals surface area contributed by atoms with E-state index in [1.54, 1.807) is 6.20 Å². The second kappa shape index (κ2) is 7.93. The molecule has 2 aliphatic rings. The highest BCUT2D eigenvalue weighted by Crippen LogP contribution is 2.42. The van der Waals surface area contributed by atoms with Gasteiger partial charge in [0.2, 0.25) is 0 Å². The van der Waals surface area contributed by atoms with Gasteiger partial charge >= 0.3 is 0 Å². The molecular weight excluding hydrogens is 388 g/mol. The standard InChI is InChI=1S/C25H28N4O2/c1-18-21(19(2)31-27-18)16-28-13-10-25(11-14-28)17-29(15-20-7-3-4-8-22(20)25)24(30)23-9-5-6-12-26-23/h3-9,12H,10-11,13-17H2,1-2H3. The summed E-state index contributed by atoms with van der Waals surface area (Å²) in [5, 5.41) is 4.10. The topological polar surface area (TPSA) is 62.5 Å². The normalized spacial score (nSPS) is 18.2. The number of aryl methyl sites for hydroxylation is 2. The SMILES string of the molecule is Cc1noc(C)c1CN1CCC2(CC1)CN(C(=O)c1ccccn1)Cc1ccccc12. The monoisotopic (exact) mass is 416 g/mol. The number of fused-ring (bicyclic) bond motifs is 2. The van der Waals surface area contributed by atoms with E-state index >= 15 is 0 Å². The molecule has 6 nitrogen and oxygen atoms in total. The van der Waals surface area contributed by atoms with Crippen molar-refractivity contribution in [2.24, 2.45) is 0 Å². The Morgan fingerprint density at radius 2 is 1.87 bits per heavy atom. The zero-order chi connectivity index (χ0) is 21.4. The van der Waals surface area contributed by atoms with E-state index in [0.29, 0.717) is 12.2 Å². The molecule has 0 unspecified atom stereocenters. The summed E-state index contributed by atoms with van der Waals surface area (Å²) in [4.78, 5) is 22.0. The van der Waals surface area contributed by atoms with E-state index in [1.165, 1.54) is 16.7 Å². The van der Waals surface area contributed by atoms with Crippen LogP contribution in [0.15, 0.2) is 53.2 Å². The Hall–Kier alpha value is -2.99. The zero-order valence-electron chi connectivity index (χ0n) is 18.2. The molecule has 0 atom stereocenters. The lowest BCUT2D eigenvalue weighted by Gasteiger charge is -2.48. The minimum atomic E-state index is -0.00544. The molecule has 6 heteroatoms. The first kappa shape index (κ1) is 19.9. The van der Waals surface area contributed by atoms with Crippen LogP contribution in [0.25, 0.3) is 0 Å². The van der Waals surface area contributed by atoms with Crippen molar-refractivity contribution in [2.45, 2.75) is 45.2 Å². The Morgan fingerprint density at radius 1 is 1.10 bits per heavy atom. The fraction of sp³-hybridized carbons (Fsp3) is 0.400. The van der Waals surface area contributed by atoms with Crippen molar-refractivity contribution < 1.29 is 9.32 Å². The van der Waals surface area contributed by atoms with Crippen molar-refractivity contribution in [3.05, 3.63) is 82.5 Å². The van der Waals surface area contributed by atoms with Crippen LogP contribution in [-0.2, 0) is 18.5 Å². The Labute approximate surface area is 182 Å². The first-order valence-corrected chi connectivity index (χ1v) is 11.0. The maximum Gasteiger partial charge on any atom is 0.272 e. The number of carbonyl (C=O) groups excluding carboxylic acids is 1. The summed E-state index contributed by atoms with van der Waals surface area (Å²) in [6.07, 6.45) is 3.74. The Morgan fingerprint density at radius 3 is 2.58 bits per heavy atom. The fourth-order valence-corrected chi connectivity index (χ4v) is 5.20. The molecule has 2 aromatic heterocycles. The summed E-state index contributed by atoms with van der Waals surface area (Å²) in [5.74, 6) is 0.931. The van der Waals surface area contributed by atoms with Crippen LogP contribution in [0, 0.1) is 13.8 Å². The molecule has 160 valence electrons. The molecule has 31 heavy (non-hydrogen) atoms. The van der Waals surface area contributed by atoms with E-state index < -0.39 is 0 Å². The molecule has 0 aliphatic carbocycles. The number of amides is 1. The molecule has 0 bridgehead atoms. The summed E-state index contributed by atoms with van der Waals surface area (Å²) in [6.45, 7) is 8.24. The molecule has 0 N–H and O–H groups in total. The van der Waals surface area contributed by atoms with Gasteiger partial charge in [-0.2, -0.15) is 0 Å². The zero-order valence-corrected chi connectivity index (χ0v) is 18.2. The average Bonchev–Trinajstić information content (AvgIpc) is 3.13. The average molecular weight is 417 g/mol. The second-order valence-corrected chi connectivity index (χ2v) is 8.89. The number of pyridine rings is 1. The van der Waals surface area contributed by atoms with E-state index in [4.69, 9.17) is 4.52 Å². The van der Waals surface area contributed by atoms with E-state index in [9.17, 15) is 4.79 Å². The van der Waals surface area contributed by atoms with Crippen LogP contribution in [0.1, 0.15) is 51.5 Å². The molecule has 1 spiro atoms. The number of nitrogens with zero attached hydrogens (tertiary/aromatic N) is 4. The van der Waals surface area contributed by atoms with Crippen LogP contribution in [-0.4, -0.2) is 45.5 Å². The largest absolute Gasteiger partial charge is 0.361 e. The third-order valence-corrected chi connectivity index (χ3v) is 6.99. The van der Waals surface area contributed by atoms with Crippen molar-refractivity contribution in [3.8, 4) is 0 Å². The number of likely N-dealkylation sites (tertiary alicyclic amines) is 1. The number of hydrogen-bond acceptors (Lipinski definition) is 5. The molecule has 1 amide bonds. The Kier molecular flexibility index (Phi) is 5.10. The minimum Gasteiger partial charge on any atom is -0.361 e. The van der Waals surface area contributed by atoms with E-state index in [0.717, 1.165) is 50.5 Å². The smallest absolute Gasteiger partial charge is 0.272 e. The quantitative estimate of drug-likeness (QED) is 0.649. The van der Waals surface area contributed by atoms with Gasteiger partial charge in [0.05, 0.1) is 5.69 Å². The van der Waals surface area contributed by atoms with Gasteiger partial charge in [0.1, 0.15) is 11.5 Å². The van der Waals surface area contributed by atoms with Crippen LogP contribution in [0.2, 0.25) is 0 Å². The predicted molar refractivity (Wildman–Crippen MR) is 118 cm³/mol. The predicted octanol–water partition coefficient (Wildman–Crippen LogP) is 3.88. The molecule has 1 aromatic carbocycles. The number of carbonyl (C=O) groups is 1. The number of aromatic nitrogens is 2. The minimum absolute atomic E-state index is 0.00544. The number of hydrogen-bond donors (Lipinski definition) is 0. The maximum absolute atomic E-state index is 13.2. The van der Waals surface area contributed by atoms with Crippen LogP contribution >= 0.6 is 0 Å². The molecule has 2 aliphatic heterocycles. The van der Waals surface area contributed by atoms with Gasteiger partial charge < -0.3 is 9.42 Å². The van der Waals surface area contributed by atoms with E-state index in [2.05, 4.69) is 39.3 Å². The lowest BCUT2D eigenvalue weighted by Crippen LogP contribution is -2.53. The van der Waals surface area contributed by atoms with Gasteiger partial charge in [0.25, 0.3) is 5.91 Å². The molecule has 0 radical (unpaired) electrons. The fourth-order valence-electron chi connectivity index (χ4n) is 5.20. The maximum atomic E-state index is 13.2. The highest BCUT2D eigenvalue weighted by atomic mass is 16.5. The van der Waals surface area contributed by atoms with Gasteiger partial charge in [0.15, 0.2) is 0 Å². The van der Waals surface area contributed by atoms with Crippen LogP contribution in [0.3, 0.4) is 0 Å². The van der Waals surface area contributed by atoms with Crippen molar-refractivity contribution >= 4 is 5.91 Å². The van der Waals surface area contributed by atoms with Crippen molar-refractivity contribution in [1.82, 2.24) is 19.9 Å². The van der Waals surface area contributed by atoms with Crippen molar-refractivity contribution in [2.75, 3.05) is 19.6 Å². The third-order valence-electron chi connectivity index (χ3n) is 6.99. The van der Waals surface area contributed by atoms with Crippen molar-refractivity contribution in [1.29, 1.82) is 0 Å². The molecule has 1 saturated heterocycles. The Balaban J connectivity index is 1.38. The highest BCUT2D eigenvalue weighted by molar-refractivity contribution is 5.92. The van der Waals surface area contributed by atoms with Gasteiger partial charge in [-0.1, -0.05) is 35.5 Å². The molecule has 3 aromatic rings. The van der Waals surface area contributed by atoms with E-state index in [-0.39, 0.29) is 11.3 Å². The van der Waals surface area contributed by atoms with Crippen LogP contribution in [0.4, 0.5) is 0 Å².